The van der Waals surface area contributed by atoms with Gasteiger partial charge in [0, 0.05) is 22.7 Å². The van der Waals surface area contributed by atoms with Gasteiger partial charge < -0.3 is 10.2 Å². The van der Waals surface area contributed by atoms with Crippen molar-refractivity contribution in [1.29, 1.82) is 0 Å². The van der Waals surface area contributed by atoms with Crippen LogP contribution in [0.25, 0.3) is 0 Å². The molecular formula is C23H19F3N2O2S. The highest BCUT2D eigenvalue weighted by atomic mass is 32.1. The first kappa shape index (κ1) is 21.1. The van der Waals surface area contributed by atoms with Gasteiger partial charge >= 0.3 is 6.18 Å². The summed E-state index contributed by atoms with van der Waals surface area (Å²) >= 11 is 1.64. The molecule has 2 heterocycles. The normalized spacial score (nSPS) is 14.0. The van der Waals surface area contributed by atoms with Crippen LogP contribution in [0.15, 0.2) is 60.0 Å². The highest BCUT2D eigenvalue weighted by molar-refractivity contribution is 7.10. The van der Waals surface area contributed by atoms with Crippen molar-refractivity contribution in [2.45, 2.75) is 25.4 Å². The molecule has 4 nitrogen and oxygen atoms in total. The molecule has 2 amide bonds. The number of carbonyl (C=O) groups is 2. The molecule has 0 atom stereocenters. The zero-order valence-corrected chi connectivity index (χ0v) is 17.2. The van der Waals surface area contributed by atoms with Crippen molar-refractivity contribution in [3.8, 4) is 0 Å². The Bertz CT molecular complexity index is 1110. The van der Waals surface area contributed by atoms with E-state index in [9.17, 15) is 22.8 Å². The lowest BCUT2D eigenvalue weighted by Gasteiger charge is -2.21. The summed E-state index contributed by atoms with van der Waals surface area (Å²) < 4.78 is 39.5. The number of rotatable bonds is 3. The Kier molecular flexibility index (Phi) is 5.82. The van der Waals surface area contributed by atoms with Gasteiger partial charge in [-0.25, -0.2) is 0 Å². The zero-order valence-electron chi connectivity index (χ0n) is 16.4. The van der Waals surface area contributed by atoms with Gasteiger partial charge in [-0.05, 0) is 67.1 Å². The number of alkyl halides is 3. The van der Waals surface area contributed by atoms with Crippen LogP contribution in [0.2, 0.25) is 0 Å². The molecule has 160 valence electrons. The second-order valence-electron chi connectivity index (χ2n) is 7.22. The lowest BCUT2D eigenvalue weighted by molar-refractivity contribution is -0.137. The van der Waals surface area contributed by atoms with Gasteiger partial charge in [0.2, 0.25) is 0 Å². The molecule has 8 heteroatoms. The third-order valence-electron chi connectivity index (χ3n) is 5.16. The Balaban J connectivity index is 1.51. The molecule has 1 aliphatic heterocycles. The fraction of sp³-hybridized carbons (Fsp3) is 0.217. The van der Waals surface area contributed by atoms with Crippen LogP contribution in [0.4, 0.5) is 24.5 Å². The Morgan fingerprint density at radius 2 is 1.71 bits per heavy atom. The molecule has 0 fully saturated rings. The van der Waals surface area contributed by atoms with Crippen molar-refractivity contribution in [3.63, 3.8) is 0 Å². The smallest absolute Gasteiger partial charge is 0.322 e. The first-order valence-electron chi connectivity index (χ1n) is 9.80. The number of thiophene rings is 1. The van der Waals surface area contributed by atoms with Crippen molar-refractivity contribution >= 4 is 34.5 Å². The van der Waals surface area contributed by atoms with Crippen LogP contribution >= 0.6 is 11.3 Å². The van der Waals surface area contributed by atoms with Gasteiger partial charge in [-0.15, -0.1) is 11.3 Å². The van der Waals surface area contributed by atoms with E-state index in [4.69, 9.17) is 0 Å². The Labute approximate surface area is 181 Å². The molecule has 0 spiro atoms. The first-order chi connectivity index (χ1) is 14.8. The predicted octanol–water partition coefficient (Wildman–Crippen LogP) is 6.00. The van der Waals surface area contributed by atoms with Gasteiger partial charge in [0.05, 0.1) is 16.8 Å². The lowest BCUT2D eigenvalue weighted by atomic mass is 10.1. The van der Waals surface area contributed by atoms with Crippen LogP contribution in [-0.2, 0) is 12.6 Å². The van der Waals surface area contributed by atoms with E-state index in [1.54, 1.807) is 28.4 Å². The van der Waals surface area contributed by atoms with Gasteiger partial charge in [-0.2, -0.15) is 13.2 Å². The molecule has 4 rings (SSSR count). The molecule has 0 bridgehead atoms. The fourth-order valence-corrected chi connectivity index (χ4v) is 4.55. The number of anilines is 2. The highest BCUT2D eigenvalue weighted by Gasteiger charge is 2.34. The van der Waals surface area contributed by atoms with Gasteiger partial charge in [0.15, 0.2) is 0 Å². The van der Waals surface area contributed by atoms with Crippen LogP contribution in [0.3, 0.4) is 0 Å². The monoisotopic (exact) mass is 444 g/mol. The van der Waals surface area contributed by atoms with E-state index in [-0.39, 0.29) is 5.91 Å². The molecule has 2 aromatic carbocycles. The van der Waals surface area contributed by atoms with E-state index in [1.165, 1.54) is 29.1 Å². The van der Waals surface area contributed by atoms with Crippen molar-refractivity contribution < 1.29 is 22.8 Å². The maximum atomic E-state index is 13.2. The van der Waals surface area contributed by atoms with E-state index in [0.29, 0.717) is 17.8 Å². The second-order valence-corrected chi connectivity index (χ2v) is 8.22. The molecule has 0 unspecified atom stereocenters. The minimum absolute atomic E-state index is 0.137. The maximum Gasteiger partial charge on any atom is 0.417 e. The average molecular weight is 444 g/mol. The zero-order chi connectivity index (χ0) is 22.0. The van der Waals surface area contributed by atoms with Crippen LogP contribution in [0.5, 0.6) is 0 Å². The Morgan fingerprint density at radius 1 is 0.968 bits per heavy atom. The van der Waals surface area contributed by atoms with E-state index in [0.717, 1.165) is 37.1 Å². The van der Waals surface area contributed by atoms with Crippen molar-refractivity contribution in [3.05, 3.63) is 81.5 Å². The molecule has 1 N–H and O–H groups in total. The standard InChI is InChI=1S/C23H19F3N2O2S/c24-23(25,26)18-6-2-1-5-17(18)21(29)27-16-10-8-15(9-11-16)22(30)28-13-4-3-7-20-19(28)12-14-31-20/h1-2,5-6,8-12,14H,3-4,7,13H2,(H,27,29). The number of nitrogens with zero attached hydrogens (tertiary/aromatic N) is 1. The molecule has 1 aliphatic rings. The number of benzene rings is 2. The highest BCUT2D eigenvalue weighted by Crippen LogP contribution is 2.33. The van der Waals surface area contributed by atoms with Crippen LogP contribution < -0.4 is 10.2 Å². The predicted molar refractivity (Wildman–Crippen MR) is 115 cm³/mol. The number of fused-ring (bicyclic) bond motifs is 1. The minimum atomic E-state index is -4.63. The van der Waals surface area contributed by atoms with Crippen LogP contribution in [0.1, 0.15) is 44.0 Å². The molecule has 0 aliphatic carbocycles. The summed E-state index contributed by atoms with van der Waals surface area (Å²) in [6, 6.07) is 12.8. The average Bonchev–Trinajstić information content (AvgIpc) is 3.12. The summed E-state index contributed by atoms with van der Waals surface area (Å²) in [6.45, 7) is 0.634. The lowest BCUT2D eigenvalue weighted by Crippen LogP contribution is -2.31. The summed E-state index contributed by atoms with van der Waals surface area (Å²) in [5.74, 6) is -0.996. The number of halogens is 3. The first-order valence-corrected chi connectivity index (χ1v) is 10.7. The Morgan fingerprint density at radius 3 is 2.45 bits per heavy atom. The summed E-state index contributed by atoms with van der Waals surface area (Å²) in [7, 11) is 0. The SMILES string of the molecule is O=C(Nc1ccc(C(=O)N2CCCCc3sccc32)cc1)c1ccccc1C(F)(F)F. The molecule has 31 heavy (non-hydrogen) atoms. The van der Waals surface area contributed by atoms with Gasteiger partial charge in [0.25, 0.3) is 11.8 Å². The van der Waals surface area contributed by atoms with E-state index < -0.39 is 23.2 Å². The number of aryl methyl sites for hydroxylation is 1. The van der Waals surface area contributed by atoms with Crippen molar-refractivity contribution in [2.24, 2.45) is 0 Å². The number of nitrogens with one attached hydrogen (secondary N) is 1. The molecule has 0 saturated carbocycles. The molecule has 1 aromatic heterocycles. The molecule has 0 radical (unpaired) electrons. The summed E-state index contributed by atoms with van der Waals surface area (Å²) in [6.07, 6.45) is -1.72. The van der Waals surface area contributed by atoms with Crippen LogP contribution in [-0.4, -0.2) is 18.4 Å². The third-order valence-corrected chi connectivity index (χ3v) is 6.13. The third kappa shape index (κ3) is 4.49. The van der Waals surface area contributed by atoms with E-state index in [1.807, 2.05) is 11.4 Å². The van der Waals surface area contributed by atoms with Gasteiger partial charge in [0.1, 0.15) is 0 Å². The number of hydrogen-bond acceptors (Lipinski definition) is 3. The minimum Gasteiger partial charge on any atom is -0.322 e. The number of hydrogen-bond donors (Lipinski definition) is 1. The van der Waals surface area contributed by atoms with Crippen molar-refractivity contribution in [2.75, 3.05) is 16.8 Å². The summed E-state index contributed by atoms with van der Waals surface area (Å²) in [5, 5.41) is 4.46. The summed E-state index contributed by atoms with van der Waals surface area (Å²) in [5.41, 5.74) is 0.253. The number of carbonyl (C=O) groups excluding carboxylic acids is 2. The van der Waals surface area contributed by atoms with E-state index >= 15 is 0 Å². The van der Waals surface area contributed by atoms with Crippen molar-refractivity contribution in [1.82, 2.24) is 0 Å². The van der Waals surface area contributed by atoms with E-state index in [2.05, 4.69) is 5.32 Å². The number of amides is 2. The van der Waals surface area contributed by atoms with Gasteiger partial charge in [-0.1, -0.05) is 12.1 Å². The molecular weight excluding hydrogens is 425 g/mol. The topological polar surface area (TPSA) is 49.4 Å². The maximum absolute atomic E-state index is 13.2. The molecule has 3 aromatic rings. The quantitative estimate of drug-likeness (QED) is 0.539. The van der Waals surface area contributed by atoms with Crippen LogP contribution in [0, 0.1) is 0 Å². The Hall–Kier alpha value is -3.13. The second kappa shape index (κ2) is 8.55. The summed E-state index contributed by atoms with van der Waals surface area (Å²) in [4.78, 5) is 28.4. The fourth-order valence-electron chi connectivity index (χ4n) is 3.63. The largest absolute Gasteiger partial charge is 0.417 e. The molecule has 0 saturated heterocycles. The van der Waals surface area contributed by atoms with Gasteiger partial charge in [-0.3, -0.25) is 9.59 Å².